The standard InChI is InChI=1S/C24H22O8/c1-29-17-9-13(10-18(30-2)22(17)25)21(15-7-5-6-8-16(15)24(27)28)14-11-19(31-3)23(26)20(12-14)32-4/h5-12,25H,1-4H3,(H,27,28). The lowest BCUT2D eigenvalue weighted by molar-refractivity contribution is -0.117. The number of allylic oxidation sites excluding steroid dienone is 3. The second-order valence-electron chi connectivity index (χ2n) is 6.67. The Morgan fingerprint density at radius 1 is 0.812 bits per heavy atom. The summed E-state index contributed by atoms with van der Waals surface area (Å²) in [7, 11) is 5.50. The molecule has 0 saturated carbocycles. The Bertz CT molecular complexity index is 1120. The van der Waals surface area contributed by atoms with Crippen molar-refractivity contribution in [1.82, 2.24) is 0 Å². The van der Waals surface area contributed by atoms with Crippen LogP contribution in [0.2, 0.25) is 0 Å². The van der Waals surface area contributed by atoms with E-state index in [9.17, 15) is 19.8 Å². The van der Waals surface area contributed by atoms with Gasteiger partial charge in [-0.2, -0.15) is 0 Å². The van der Waals surface area contributed by atoms with Crippen molar-refractivity contribution >= 4 is 17.3 Å². The van der Waals surface area contributed by atoms with E-state index in [1.54, 1.807) is 30.3 Å². The zero-order chi connectivity index (χ0) is 23.4. The minimum atomic E-state index is -1.13. The van der Waals surface area contributed by atoms with Crippen LogP contribution in [0.3, 0.4) is 0 Å². The Morgan fingerprint density at radius 2 is 1.31 bits per heavy atom. The number of Topliss-reactive ketones (excluding diaryl/α,β-unsaturated/α-hetero) is 1. The Kier molecular flexibility index (Phi) is 6.53. The van der Waals surface area contributed by atoms with Crippen LogP contribution in [0.5, 0.6) is 17.2 Å². The van der Waals surface area contributed by atoms with E-state index in [4.69, 9.17) is 18.9 Å². The van der Waals surface area contributed by atoms with E-state index in [-0.39, 0.29) is 34.3 Å². The summed E-state index contributed by atoms with van der Waals surface area (Å²) in [5.74, 6) is -1.45. The molecule has 2 aromatic carbocycles. The van der Waals surface area contributed by atoms with Crippen molar-refractivity contribution < 1.29 is 38.7 Å². The molecule has 0 radical (unpaired) electrons. The second-order valence-corrected chi connectivity index (χ2v) is 6.67. The summed E-state index contributed by atoms with van der Waals surface area (Å²) in [6, 6.07) is 9.54. The molecular formula is C24H22O8. The number of phenolic OH excluding ortho intramolecular Hbond substituents is 1. The molecule has 8 heteroatoms. The first-order valence-corrected chi connectivity index (χ1v) is 9.44. The molecule has 0 amide bonds. The SMILES string of the molecule is COC1=CC(=C(c2cc(OC)c(O)c(OC)c2)c2ccccc2C(=O)O)C=C(OC)C1=O. The summed E-state index contributed by atoms with van der Waals surface area (Å²) in [6.45, 7) is 0. The fourth-order valence-corrected chi connectivity index (χ4v) is 3.43. The predicted octanol–water partition coefficient (Wildman–Crippen LogP) is 3.55. The van der Waals surface area contributed by atoms with Crippen LogP contribution in [-0.4, -0.2) is 50.4 Å². The number of carbonyl (C=O) groups excluding carboxylic acids is 1. The Morgan fingerprint density at radius 3 is 1.75 bits per heavy atom. The average Bonchev–Trinajstić information content (AvgIpc) is 2.80. The molecule has 0 atom stereocenters. The smallest absolute Gasteiger partial charge is 0.336 e. The molecule has 0 spiro atoms. The average molecular weight is 438 g/mol. The summed E-state index contributed by atoms with van der Waals surface area (Å²) in [6.07, 6.45) is 3.01. The minimum absolute atomic E-state index is 0.0300. The van der Waals surface area contributed by atoms with Gasteiger partial charge in [-0.1, -0.05) is 18.2 Å². The monoisotopic (exact) mass is 438 g/mol. The Hall–Kier alpha value is -4.20. The molecule has 0 aromatic heterocycles. The van der Waals surface area contributed by atoms with Gasteiger partial charge < -0.3 is 29.2 Å². The molecule has 1 aliphatic rings. The number of aromatic hydroxyl groups is 1. The number of carboxylic acid groups (broad SMARTS) is 1. The number of hydrogen-bond acceptors (Lipinski definition) is 7. The second kappa shape index (κ2) is 9.30. The predicted molar refractivity (Wildman–Crippen MR) is 116 cm³/mol. The van der Waals surface area contributed by atoms with Gasteiger partial charge in [-0.15, -0.1) is 0 Å². The van der Waals surface area contributed by atoms with Crippen molar-refractivity contribution in [2.75, 3.05) is 28.4 Å². The molecular weight excluding hydrogens is 416 g/mol. The summed E-state index contributed by atoms with van der Waals surface area (Å²) in [4.78, 5) is 24.5. The molecule has 0 unspecified atom stereocenters. The number of methoxy groups -OCH3 is 4. The number of phenols is 1. The van der Waals surface area contributed by atoms with E-state index >= 15 is 0 Å². The molecule has 8 nitrogen and oxygen atoms in total. The van der Waals surface area contributed by atoms with Gasteiger partial charge in [0.15, 0.2) is 23.0 Å². The fourth-order valence-electron chi connectivity index (χ4n) is 3.43. The summed E-state index contributed by atoms with van der Waals surface area (Å²) < 4.78 is 21.0. The van der Waals surface area contributed by atoms with Gasteiger partial charge in [-0.3, -0.25) is 4.79 Å². The molecule has 2 N–H and O–H groups in total. The maximum atomic E-state index is 12.5. The van der Waals surface area contributed by atoms with Gasteiger partial charge in [0, 0.05) is 0 Å². The third kappa shape index (κ3) is 4.02. The molecule has 0 aliphatic heterocycles. The third-order valence-corrected chi connectivity index (χ3v) is 4.94. The first kappa shape index (κ1) is 22.5. The lowest BCUT2D eigenvalue weighted by atomic mass is 9.87. The van der Waals surface area contributed by atoms with Crippen LogP contribution in [0.1, 0.15) is 21.5 Å². The molecule has 166 valence electrons. The van der Waals surface area contributed by atoms with Gasteiger partial charge in [0.1, 0.15) is 0 Å². The number of ketones is 1. The molecule has 0 bridgehead atoms. The van der Waals surface area contributed by atoms with Crippen molar-refractivity contribution in [2.45, 2.75) is 0 Å². The number of carboxylic acids is 1. The van der Waals surface area contributed by atoms with Gasteiger partial charge in [0.05, 0.1) is 34.0 Å². The van der Waals surface area contributed by atoms with Crippen molar-refractivity contribution in [2.24, 2.45) is 0 Å². The van der Waals surface area contributed by atoms with E-state index in [0.717, 1.165) is 0 Å². The summed E-state index contributed by atoms with van der Waals surface area (Å²) >= 11 is 0. The van der Waals surface area contributed by atoms with Crippen LogP contribution in [0.4, 0.5) is 0 Å². The van der Waals surface area contributed by atoms with Crippen molar-refractivity contribution in [3.8, 4) is 17.2 Å². The zero-order valence-electron chi connectivity index (χ0n) is 18.0. The maximum Gasteiger partial charge on any atom is 0.336 e. The lowest BCUT2D eigenvalue weighted by Crippen LogP contribution is -2.14. The highest BCUT2D eigenvalue weighted by Crippen LogP contribution is 2.42. The van der Waals surface area contributed by atoms with Crippen LogP contribution in [0, 0.1) is 0 Å². The fraction of sp³-hybridized carbons (Fsp3) is 0.167. The highest BCUT2D eigenvalue weighted by Gasteiger charge is 2.26. The van der Waals surface area contributed by atoms with Crippen LogP contribution < -0.4 is 9.47 Å². The summed E-state index contributed by atoms with van der Waals surface area (Å²) in [5, 5.41) is 20.1. The van der Waals surface area contributed by atoms with E-state index < -0.39 is 11.8 Å². The Labute approximate surface area is 184 Å². The van der Waals surface area contributed by atoms with Crippen LogP contribution in [0.25, 0.3) is 5.57 Å². The summed E-state index contributed by atoms with van der Waals surface area (Å²) in [5.41, 5.74) is 1.79. The molecule has 0 fully saturated rings. The number of aromatic carboxylic acids is 1. The first-order chi connectivity index (χ1) is 15.4. The van der Waals surface area contributed by atoms with Crippen molar-refractivity contribution in [3.05, 3.63) is 82.3 Å². The number of ether oxygens (including phenoxy) is 4. The van der Waals surface area contributed by atoms with Crippen molar-refractivity contribution in [3.63, 3.8) is 0 Å². The maximum absolute atomic E-state index is 12.5. The van der Waals surface area contributed by atoms with Crippen LogP contribution >= 0.6 is 0 Å². The van der Waals surface area contributed by atoms with Crippen molar-refractivity contribution in [1.29, 1.82) is 0 Å². The number of hydrogen-bond donors (Lipinski definition) is 2. The van der Waals surface area contributed by atoms with Gasteiger partial charge in [-0.05, 0) is 52.6 Å². The molecule has 32 heavy (non-hydrogen) atoms. The third-order valence-electron chi connectivity index (χ3n) is 4.94. The molecule has 2 aromatic rings. The van der Waals surface area contributed by atoms with Gasteiger partial charge in [0.2, 0.25) is 5.75 Å². The Balaban J connectivity index is 2.47. The van der Waals surface area contributed by atoms with Gasteiger partial charge in [0.25, 0.3) is 5.78 Å². The highest BCUT2D eigenvalue weighted by atomic mass is 16.5. The molecule has 1 aliphatic carbocycles. The number of carbonyl (C=O) groups is 2. The van der Waals surface area contributed by atoms with Crippen LogP contribution in [-0.2, 0) is 14.3 Å². The topological polar surface area (TPSA) is 112 Å². The van der Waals surface area contributed by atoms with E-state index in [2.05, 4.69) is 0 Å². The molecule has 3 rings (SSSR count). The lowest BCUT2D eigenvalue weighted by Gasteiger charge is -2.20. The number of rotatable bonds is 7. The zero-order valence-corrected chi connectivity index (χ0v) is 18.0. The number of benzene rings is 2. The van der Waals surface area contributed by atoms with Crippen LogP contribution in [0.15, 0.2) is 65.6 Å². The van der Waals surface area contributed by atoms with E-state index in [1.807, 2.05) is 0 Å². The normalized spacial score (nSPS) is 13.1. The highest BCUT2D eigenvalue weighted by molar-refractivity contribution is 6.09. The van der Waals surface area contributed by atoms with E-state index in [0.29, 0.717) is 22.3 Å². The molecule has 0 saturated heterocycles. The first-order valence-electron chi connectivity index (χ1n) is 9.44. The van der Waals surface area contributed by atoms with E-state index in [1.165, 1.54) is 46.7 Å². The van der Waals surface area contributed by atoms with Gasteiger partial charge >= 0.3 is 5.97 Å². The largest absolute Gasteiger partial charge is 0.502 e. The molecule has 0 heterocycles. The minimum Gasteiger partial charge on any atom is -0.502 e. The van der Waals surface area contributed by atoms with Gasteiger partial charge in [-0.25, -0.2) is 4.79 Å². The quantitative estimate of drug-likeness (QED) is 0.675.